The van der Waals surface area contributed by atoms with Crippen LogP contribution in [0.1, 0.15) is 33.4 Å². The first-order chi connectivity index (χ1) is 18.5. The summed E-state index contributed by atoms with van der Waals surface area (Å²) in [6.45, 7) is 10.1. The number of rotatable bonds is 7. The van der Waals surface area contributed by atoms with Crippen LogP contribution in [0.15, 0.2) is 97.3 Å². The van der Waals surface area contributed by atoms with Gasteiger partial charge in [-0.15, -0.1) is 0 Å². The van der Waals surface area contributed by atoms with Gasteiger partial charge in [0, 0.05) is 0 Å². The Hall–Kier alpha value is -3.47. The van der Waals surface area contributed by atoms with E-state index in [0.717, 1.165) is 18.2 Å². The summed E-state index contributed by atoms with van der Waals surface area (Å²) in [6.07, 6.45) is 0. The quantitative estimate of drug-likeness (QED) is 0.241. The van der Waals surface area contributed by atoms with Crippen molar-refractivity contribution in [3.63, 3.8) is 0 Å². The molecule has 0 N–H and O–H groups in total. The van der Waals surface area contributed by atoms with Crippen LogP contribution in [0.3, 0.4) is 0 Å². The molecule has 0 aliphatic carbocycles. The summed E-state index contributed by atoms with van der Waals surface area (Å²) in [5, 5.41) is 0. The molecule has 10 heteroatoms. The maximum atomic E-state index is 14.0. The highest BCUT2D eigenvalue weighted by atomic mass is 32.2. The molecule has 40 heavy (non-hydrogen) atoms. The zero-order valence-electron chi connectivity index (χ0n) is 23.0. The molecule has 7 nitrogen and oxygen atoms in total. The first-order valence-corrected chi connectivity index (χ1v) is 16.7. The fraction of sp³-hybridized carbons (Fsp3) is 0.200. The molecule has 4 rings (SSSR count). The van der Waals surface area contributed by atoms with E-state index in [-0.39, 0.29) is 19.6 Å². The Bertz CT molecular complexity index is 1970. The Morgan fingerprint density at radius 2 is 0.875 bits per heavy atom. The average molecular weight is 599 g/mol. The highest BCUT2D eigenvalue weighted by Gasteiger charge is 2.31. The van der Waals surface area contributed by atoms with Gasteiger partial charge in [-0.1, -0.05) is 36.4 Å². The van der Waals surface area contributed by atoms with Crippen molar-refractivity contribution >= 4 is 29.8 Å². The Kier molecular flexibility index (Phi) is 7.74. The van der Waals surface area contributed by atoms with Crippen molar-refractivity contribution in [2.75, 3.05) is 0 Å². The van der Waals surface area contributed by atoms with Crippen molar-refractivity contribution in [3.8, 4) is 5.75 Å². The SMILES string of the molecule is Cc1ccc(C)c(S(=O)(=O)Oc2ccc(S(=O)(=O)c3cc(C)ccc3C)cc2S(=O)(=O)c2cc(C)ccc2C)c1. The van der Waals surface area contributed by atoms with Crippen LogP contribution in [-0.4, -0.2) is 25.3 Å². The Balaban J connectivity index is 1.98. The van der Waals surface area contributed by atoms with Crippen LogP contribution in [0.4, 0.5) is 0 Å². The lowest BCUT2D eigenvalue weighted by Crippen LogP contribution is -2.15. The van der Waals surface area contributed by atoms with Gasteiger partial charge < -0.3 is 4.18 Å². The van der Waals surface area contributed by atoms with E-state index in [2.05, 4.69) is 0 Å². The summed E-state index contributed by atoms with van der Waals surface area (Å²) >= 11 is 0. The van der Waals surface area contributed by atoms with E-state index < -0.39 is 40.4 Å². The van der Waals surface area contributed by atoms with Gasteiger partial charge >= 0.3 is 10.1 Å². The van der Waals surface area contributed by atoms with Crippen LogP contribution in [-0.2, 0) is 29.8 Å². The molecule has 0 aliphatic rings. The first-order valence-electron chi connectivity index (χ1n) is 12.3. The molecular weight excluding hydrogens is 569 g/mol. The zero-order chi connectivity index (χ0) is 29.6. The molecule has 0 aliphatic heterocycles. The van der Waals surface area contributed by atoms with Crippen LogP contribution in [0.5, 0.6) is 5.75 Å². The van der Waals surface area contributed by atoms with Gasteiger partial charge in [-0.2, -0.15) is 8.42 Å². The van der Waals surface area contributed by atoms with Crippen LogP contribution < -0.4 is 4.18 Å². The minimum atomic E-state index is -4.48. The van der Waals surface area contributed by atoms with Crippen LogP contribution in [0.2, 0.25) is 0 Å². The monoisotopic (exact) mass is 598 g/mol. The molecule has 210 valence electrons. The smallest absolute Gasteiger partial charge is 0.339 e. The Morgan fingerprint density at radius 1 is 0.450 bits per heavy atom. The summed E-state index contributed by atoms with van der Waals surface area (Å²) in [6, 6.07) is 17.8. The molecule has 0 heterocycles. The van der Waals surface area contributed by atoms with Crippen molar-refractivity contribution in [1.29, 1.82) is 0 Å². The molecular formula is C30H30O7S3. The second-order valence-electron chi connectivity index (χ2n) is 9.96. The lowest BCUT2D eigenvalue weighted by atomic mass is 10.2. The standard InChI is InChI=1S/C30H30O7S3/c1-19-7-10-22(4)27(15-19)38(31,32)25-13-14-26(37-40(35,36)29-17-21(3)9-12-24(29)6)30(18-25)39(33,34)28-16-20(2)8-11-23(28)5/h7-18H,1-6H3. The summed E-state index contributed by atoms with van der Waals surface area (Å²) in [5.41, 5.74) is 3.37. The second kappa shape index (κ2) is 10.5. The van der Waals surface area contributed by atoms with Gasteiger partial charge in [0.05, 0.1) is 14.7 Å². The third-order valence-corrected chi connectivity index (χ3v) is 11.8. The number of hydrogen-bond acceptors (Lipinski definition) is 7. The van der Waals surface area contributed by atoms with E-state index in [4.69, 9.17) is 4.18 Å². The number of aryl methyl sites for hydroxylation is 6. The molecule has 4 aromatic rings. The highest BCUT2D eigenvalue weighted by Crippen LogP contribution is 2.37. The third-order valence-electron chi connectivity index (χ3n) is 6.59. The van der Waals surface area contributed by atoms with Gasteiger partial charge in [-0.05, 0) is 111 Å². The molecule has 0 saturated carbocycles. The lowest BCUT2D eigenvalue weighted by Gasteiger charge is -2.17. The zero-order valence-corrected chi connectivity index (χ0v) is 25.5. The minimum absolute atomic E-state index is 0.0271. The third kappa shape index (κ3) is 5.56. The van der Waals surface area contributed by atoms with E-state index in [1.165, 1.54) is 18.2 Å². The van der Waals surface area contributed by atoms with Gasteiger partial charge in [0.1, 0.15) is 9.79 Å². The van der Waals surface area contributed by atoms with Gasteiger partial charge in [0.25, 0.3) is 0 Å². The molecule has 0 spiro atoms. The predicted octanol–water partition coefficient (Wildman–Crippen LogP) is 5.97. The Morgan fingerprint density at radius 3 is 1.38 bits per heavy atom. The van der Waals surface area contributed by atoms with E-state index in [0.29, 0.717) is 33.4 Å². The van der Waals surface area contributed by atoms with Crippen molar-refractivity contribution in [2.24, 2.45) is 0 Å². The molecule has 0 saturated heterocycles. The largest absolute Gasteiger partial charge is 0.378 e. The molecule has 0 atom stereocenters. The maximum Gasteiger partial charge on any atom is 0.339 e. The van der Waals surface area contributed by atoms with Crippen molar-refractivity contribution < 1.29 is 29.4 Å². The molecule has 0 bridgehead atoms. The summed E-state index contributed by atoms with van der Waals surface area (Å²) in [5.74, 6) is -0.498. The molecule has 0 fully saturated rings. The molecule has 4 aromatic carbocycles. The summed E-state index contributed by atoms with van der Waals surface area (Å²) in [4.78, 5) is -1.04. The predicted molar refractivity (Wildman–Crippen MR) is 153 cm³/mol. The Labute approximate surface area is 236 Å². The summed E-state index contributed by atoms with van der Waals surface area (Å²) < 4.78 is 87.6. The topological polar surface area (TPSA) is 112 Å². The molecule has 0 amide bonds. The van der Waals surface area contributed by atoms with E-state index >= 15 is 0 Å². The second-order valence-corrected chi connectivity index (χ2v) is 15.3. The van der Waals surface area contributed by atoms with Crippen LogP contribution in [0.25, 0.3) is 0 Å². The van der Waals surface area contributed by atoms with E-state index in [1.807, 2.05) is 0 Å². The number of hydrogen-bond donors (Lipinski definition) is 0. The van der Waals surface area contributed by atoms with Crippen molar-refractivity contribution in [1.82, 2.24) is 0 Å². The normalized spacial score (nSPS) is 12.3. The number of benzene rings is 4. The van der Waals surface area contributed by atoms with Gasteiger partial charge in [0.2, 0.25) is 19.7 Å². The fourth-order valence-corrected chi connectivity index (χ4v) is 9.04. The summed E-state index contributed by atoms with van der Waals surface area (Å²) in [7, 11) is -13.1. The van der Waals surface area contributed by atoms with Crippen LogP contribution in [0, 0.1) is 41.5 Å². The number of sulfone groups is 2. The van der Waals surface area contributed by atoms with Gasteiger partial charge in [0.15, 0.2) is 5.75 Å². The average Bonchev–Trinajstić information content (AvgIpc) is 2.88. The van der Waals surface area contributed by atoms with Crippen molar-refractivity contribution in [3.05, 3.63) is 106 Å². The van der Waals surface area contributed by atoms with Gasteiger partial charge in [-0.25, -0.2) is 16.8 Å². The highest BCUT2D eigenvalue weighted by molar-refractivity contribution is 7.92. The minimum Gasteiger partial charge on any atom is -0.378 e. The van der Waals surface area contributed by atoms with E-state index in [9.17, 15) is 25.3 Å². The van der Waals surface area contributed by atoms with E-state index in [1.54, 1.807) is 77.9 Å². The molecule has 0 radical (unpaired) electrons. The molecule has 0 unspecified atom stereocenters. The van der Waals surface area contributed by atoms with Gasteiger partial charge in [-0.3, -0.25) is 0 Å². The van der Waals surface area contributed by atoms with Crippen molar-refractivity contribution in [2.45, 2.75) is 66.0 Å². The fourth-order valence-electron chi connectivity index (χ4n) is 4.31. The van der Waals surface area contributed by atoms with Crippen LogP contribution >= 0.6 is 0 Å². The lowest BCUT2D eigenvalue weighted by molar-refractivity contribution is 0.477. The first kappa shape index (κ1) is 29.5. The maximum absolute atomic E-state index is 14.0. The molecule has 0 aromatic heterocycles.